The summed E-state index contributed by atoms with van der Waals surface area (Å²) in [4.78, 5) is 32.2. The molecule has 5 heterocycles. The SMILES string of the molecule is Cc1nn(C)c2nc(-c3ccco3)cc(C(=O)NC3CCN(C(=O)c4ccco4)CC3)c12. The Morgan fingerprint density at radius 3 is 2.56 bits per heavy atom. The fourth-order valence-corrected chi connectivity index (χ4v) is 4.22. The van der Waals surface area contributed by atoms with Gasteiger partial charge in [-0.15, -0.1) is 0 Å². The lowest BCUT2D eigenvalue weighted by atomic mass is 10.0. The zero-order chi connectivity index (χ0) is 22.2. The van der Waals surface area contributed by atoms with E-state index in [0.717, 1.165) is 11.1 Å². The van der Waals surface area contributed by atoms with Crippen LogP contribution in [0.4, 0.5) is 0 Å². The molecule has 164 valence electrons. The number of amides is 2. The predicted molar refractivity (Wildman–Crippen MR) is 116 cm³/mol. The van der Waals surface area contributed by atoms with Crippen LogP contribution in [-0.2, 0) is 7.05 Å². The number of fused-ring (bicyclic) bond motifs is 1. The van der Waals surface area contributed by atoms with Gasteiger partial charge in [-0.05, 0) is 50.1 Å². The van der Waals surface area contributed by atoms with Crippen molar-refractivity contribution in [1.82, 2.24) is 25.0 Å². The molecule has 4 aromatic heterocycles. The smallest absolute Gasteiger partial charge is 0.289 e. The van der Waals surface area contributed by atoms with E-state index in [-0.39, 0.29) is 17.9 Å². The Morgan fingerprint density at radius 1 is 1.12 bits per heavy atom. The highest BCUT2D eigenvalue weighted by molar-refractivity contribution is 6.07. The van der Waals surface area contributed by atoms with Crippen LogP contribution in [0, 0.1) is 6.92 Å². The number of pyridine rings is 1. The van der Waals surface area contributed by atoms with Gasteiger partial charge < -0.3 is 19.1 Å². The third kappa shape index (κ3) is 3.55. The molecule has 0 aromatic carbocycles. The maximum absolute atomic E-state index is 13.3. The number of likely N-dealkylation sites (tertiary alicyclic amines) is 1. The summed E-state index contributed by atoms with van der Waals surface area (Å²) >= 11 is 0. The normalized spacial score (nSPS) is 14.8. The molecule has 1 aliphatic heterocycles. The van der Waals surface area contributed by atoms with E-state index in [1.165, 1.54) is 6.26 Å². The van der Waals surface area contributed by atoms with Crippen molar-refractivity contribution in [1.29, 1.82) is 0 Å². The summed E-state index contributed by atoms with van der Waals surface area (Å²) in [6, 6.07) is 8.68. The zero-order valence-electron chi connectivity index (χ0n) is 17.9. The number of hydrogen-bond acceptors (Lipinski definition) is 6. The van der Waals surface area contributed by atoms with Gasteiger partial charge in [0.1, 0.15) is 5.69 Å². The van der Waals surface area contributed by atoms with E-state index in [0.29, 0.717) is 54.4 Å². The maximum Gasteiger partial charge on any atom is 0.289 e. The molecule has 2 amide bonds. The lowest BCUT2D eigenvalue weighted by molar-refractivity contribution is 0.0667. The third-order valence-electron chi connectivity index (χ3n) is 5.84. The third-order valence-corrected chi connectivity index (χ3v) is 5.84. The minimum Gasteiger partial charge on any atom is -0.463 e. The maximum atomic E-state index is 13.3. The van der Waals surface area contributed by atoms with Crippen LogP contribution < -0.4 is 5.32 Å². The average molecular weight is 433 g/mol. The first kappa shape index (κ1) is 20.0. The van der Waals surface area contributed by atoms with E-state index in [1.54, 1.807) is 40.1 Å². The van der Waals surface area contributed by atoms with Crippen molar-refractivity contribution in [2.75, 3.05) is 13.1 Å². The molecule has 9 nitrogen and oxygen atoms in total. The zero-order valence-corrected chi connectivity index (χ0v) is 17.9. The summed E-state index contributed by atoms with van der Waals surface area (Å²) in [5.74, 6) is 0.621. The molecule has 0 aliphatic carbocycles. The standard InChI is InChI=1S/C23H23N5O4/c1-14-20-16(13-17(18-5-3-11-31-18)25-21(20)27(2)26-14)22(29)24-15-7-9-28(10-8-15)23(30)19-6-4-12-32-19/h3-6,11-13,15H,7-10H2,1-2H3,(H,24,29). The predicted octanol–water partition coefficient (Wildman–Crippen LogP) is 3.16. The van der Waals surface area contributed by atoms with Crippen LogP contribution in [0.25, 0.3) is 22.5 Å². The molecule has 4 aromatic rings. The van der Waals surface area contributed by atoms with Gasteiger partial charge in [-0.25, -0.2) is 4.98 Å². The minimum atomic E-state index is -0.183. The lowest BCUT2D eigenvalue weighted by Gasteiger charge is -2.32. The van der Waals surface area contributed by atoms with E-state index < -0.39 is 0 Å². The molecule has 0 spiro atoms. The van der Waals surface area contributed by atoms with Gasteiger partial charge in [0.05, 0.1) is 29.2 Å². The molecule has 32 heavy (non-hydrogen) atoms. The van der Waals surface area contributed by atoms with Crippen LogP contribution in [0.3, 0.4) is 0 Å². The highest BCUT2D eigenvalue weighted by Gasteiger charge is 2.27. The first-order chi connectivity index (χ1) is 15.5. The summed E-state index contributed by atoms with van der Waals surface area (Å²) in [5, 5.41) is 8.31. The molecule has 1 saturated heterocycles. The molecule has 0 unspecified atom stereocenters. The van der Waals surface area contributed by atoms with Crippen LogP contribution in [0.2, 0.25) is 0 Å². The Balaban J connectivity index is 1.36. The molecule has 0 radical (unpaired) electrons. The summed E-state index contributed by atoms with van der Waals surface area (Å²) in [6.45, 7) is 2.98. The number of nitrogens with zero attached hydrogens (tertiary/aromatic N) is 4. The van der Waals surface area contributed by atoms with E-state index in [9.17, 15) is 9.59 Å². The number of carbonyl (C=O) groups excluding carboxylic acids is 2. The Kier molecular flexibility index (Phi) is 5.01. The summed E-state index contributed by atoms with van der Waals surface area (Å²) in [6.07, 6.45) is 4.41. The fourth-order valence-electron chi connectivity index (χ4n) is 4.22. The molecular formula is C23H23N5O4. The van der Waals surface area contributed by atoms with Crippen molar-refractivity contribution in [3.05, 3.63) is 59.9 Å². The van der Waals surface area contributed by atoms with E-state index in [2.05, 4.69) is 15.4 Å². The largest absolute Gasteiger partial charge is 0.463 e. The van der Waals surface area contributed by atoms with Gasteiger partial charge >= 0.3 is 0 Å². The second kappa shape index (κ2) is 7.99. The molecule has 1 aliphatic rings. The van der Waals surface area contributed by atoms with Crippen LogP contribution in [0.15, 0.2) is 51.7 Å². The minimum absolute atomic E-state index is 0.0320. The number of furan rings is 2. The van der Waals surface area contributed by atoms with E-state index in [1.807, 2.05) is 20.0 Å². The molecule has 0 saturated carbocycles. The number of rotatable bonds is 4. The van der Waals surface area contributed by atoms with Gasteiger partial charge in [-0.3, -0.25) is 14.3 Å². The molecule has 0 atom stereocenters. The second-order valence-electron chi connectivity index (χ2n) is 7.96. The van der Waals surface area contributed by atoms with Gasteiger partial charge in [0.25, 0.3) is 11.8 Å². The summed E-state index contributed by atoms with van der Waals surface area (Å²) in [5.41, 5.74) is 2.46. The average Bonchev–Trinajstić information content (AvgIpc) is 3.56. The number of hydrogen-bond donors (Lipinski definition) is 1. The van der Waals surface area contributed by atoms with Crippen molar-refractivity contribution < 1.29 is 18.4 Å². The van der Waals surface area contributed by atoms with Gasteiger partial charge in [0.2, 0.25) is 0 Å². The number of aromatic nitrogens is 3. The molecular weight excluding hydrogens is 410 g/mol. The van der Waals surface area contributed by atoms with E-state index >= 15 is 0 Å². The van der Waals surface area contributed by atoms with Gasteiger partial charge in [-0.1, -0.05) is 0 Å². The molecule has 9 heteroatoms. The van der Waals surface area contributed by atoms with Crippen molar-refractivity contribution in [2.24, 2.45) is 7.05 Å². The lowest BCUT2D eigenvalue weighted by Crippen LogP contribution is -2.46. The highest BCUT2D eigenvalue weighted by atomic mass is 16.3. The van der Waals surface area contributed by atoms with Crippen molar-refractivity contribution in [2.45, 2.75) is 25.8 Å². The van der Waals surface area contributed by atoms with Crippen molar-refractivity contribution in [3.63, 3.8) is 0 Å². The van der Waals surface area contributed by atoms with Gasteiger partial charge in [0.15, 0.2) is 17.2 Å². The number of nitrogens with one attached hydrogen (secondary N) is 1. The van der Waals surface area contributed by atoms with Crippen molar-refractivity contribution in [3.8, 4) is 11.5 Å². The topological polar surface area (TPSA) is 106 Å². The van der Waals surface area contributed by atoms with Crippen LogP contribution in [0.5, 0.6) is 0 Å². The quantitative estimate of drug-likeness (QED) is 0.530. The Morgan fingerprint density at radius 2 is 1.88 bits per heavy atom. The Labute approximate surface area is 184 Å². The molecule has 0 bridgehead atoms. The first-order valence-electron chi connectivity index (χ1n) is 10.5. The molecule has 1 fully saturated rings. The van der Waals surface area contributed by atoms with E-state index in [4.69, 9.17) is 8.83 Å². The Bertz CT molecular complexity index is 1270. The number of carbonyl (C=O) groups is 2. The number of piperidine rings is 1. The Hall–Kier alpha value is -3.88. The van der Waals surface area contributed by atoms with Gasteiger partial charge in [-0.2, -0.15) is 5.10 Å². The van der Waals surface area contributed by atoms with Crippen LogP contribution in [0.1, 0.15) is 39.4 Å². The van der Waals surface area contributed by atoms with Crippen LogP contribution in [-0.4, -0.2) is 50.6 Å². The number of aryl methyl sites for hydroxylation is 2. The van der Waals surface area contributed by atoms with Gasteiger partial charge in [0, 0.05) is 26.2 Å². The molecule has 1 N–H and O–H groups in total. The highest BCUT2D eigenvalue weighted by Crippen LogP contribution is 2.27. The second-order valence-corrected chi connectivity index (χ2v) is 7.96. The molecule has 5 rings (SSSR count). The van der Waals surface area contributed by atoms with Crippen molar-refractivity contribution >= 4 is 22.8 Å². The first-order valence-corrected chi connectivity index (χ1v) is 10.5. The summed E-state index contributed by atoms with van der Waals surface area (Å²) < 4.78 is 12.4. The monoisotopic (exact) mass is 433 g/mol. The van der Waals surface area contributed by atoms with Crippen LogP contribution >= 0.6 is 0 Å². The fraction of sp³-hybridized carbons (Fsp3) is 0.304. The summed E-state index contributed by atoms with van der Waals surface area (Å²) in [7, 11) is 1.81.